The van der Waals surface area contributed by atoms with Gasteiger partial charge in [-0.2, -0.15) is 0 Å². The quantitative estimate of drug-likeness (QED) is 0.820. The van der Waals surface area contributed by atoms with Crippen molar-refractivity contribution in [3.63, 3.8) is 0 Å². The van der Waals surface area contributed by atoms with Crippen molar-refractivity contribution in [1.29, 1.82) is 0 Å². The van der Waals surface area contributed by atoms with Crippen LogP contribution in [0.25, 0.3) is 0 Å². The van der Waals surface area contributed by atoms with E-state index >= 15 is 0 Å². The van der Waals surface area contributed by atoms with Gasteiger partial charge in [0, 0.05) is 0 Å². The van der Waals surface area contributed by atoms with Crippen LogP contribution in [-0.2, 0) is 17.6 Å². The minimum absolute atomic E-state index is 0.304. The number of hydrogen-bond acceptors (Lipinski definition) is 2. The predicted octanol–water partition coefficient (Wildman–Crippen LogP) is 3.14. The van der Waals surface area contributed by atoms with Crippen molar-refractivity contribution in [1.82, 2.24) is 0 Å². The Labute approximate surface area is 106 Å². The Kier molecular flexibility index (Phi) is 5.13. The molecule has 1 aromatic rings. The Morgan fingerprint density at radius 2 is 2.06 bits per heavy atom. The summed E-state index contributed by atoms with van der Waals surface area (Å²) in [5, 5.41) is 18.4. The molecule has 0 heterocycles. The smallest absolute Gasteiger partial charge is 0.306 e. The zero-order valence-corrected chi connectivity index (χ0v) is 10.7. The molecule has 1 aromatic carbocycles. The molecule has 0 aliphatic carbocycles. The number of aliphatic carboxylic acids is 1. The summed E-state index contributed by atoms with van der Waals surface area (Å²) in [6.45, 7) is 3.72. The molecule has 0 radical (unpaired) electrons. The van der Waals surface area contributed by atoms with Gasteiger partial charge >= 0.3 is 5.97 Å². The van der Waals surface area contributed by atoms with Crippen molar-refractivity contribution >= 4 is 5.97 Å². The first-order valence-corrected chi connectivity index (χ1v) is 6.23. The van der Waals surface area contributed by atoms with E-state index in [0.29, 0.717) is 30.4 Å². The Bertz CT molecular complexity index is 429. The van der Waals surface area contributed by atoms with Crippen LogP contribution in [0.15, 0.2) is 12.1 Å². The van der Waals surface area contributed by atoms with Crippen LogP contribution in [0.4, 0.5) is 4.39 Å². The second-order valence-electron chi connectivity index (χ2n) is 4.43. The summed E-state index contributed by atoms with van der Waals surface area (Å²) < 4.78 is 13.8. The molecule has 0 saturated carbocycles. The van der Waals surface area contributed by atoms with Gasteiger partial charge in [0.25, 0.3) is 0 Å². The van der Waals surface area contributed by atoms with Crippen molar-refractivity contribution in [2.24, 2.45) is 5.92 Å². The number of aromatic hydroxyl groups is 1. The molecule has 100 valence electrons. The topological polar surface area (TPSA) is 57.5 Å². The normalized spacial score (nSPS) is 12.4. The zero-order chi connectivity index (χ0) is 13.7. The number of carboxylic acid groups (broad SMARTS) is 1. The van der Waals surface area contributed by atoms with Gasteiger partial charge in [0.15, 0.2) is 11.6 Å². The lowest BCUT2D eigenvalue weighted by molar-refractivity contribution is -0.141. The van der Waals surface area contributed by atoms with E-state index in [9.17, 15) is 14.3 Å². The largest absolute Gasteiger partial charge is 0.505 e. The number of halogens is 1. The summed E-state index contributed by atoms with van der Waals surface area (Å²) in [7, 11) is 0. The van der Waals surface area contributed by atoms with Crippen LogP contribution in [0.2, 0.25) is 0 Å². The molecule has 0 fully saturated rings. The monoisotopic (exact) mass is 254 g/mol. The molecule has 1 rings (SSSR count). The molecule has 2 N–H and O–H groups in total. The molecule has 1 atom stereocenters. The third-order valence-electron chi connectivity index (χ3n) is 3.13. The highest BCUT2D eigenvalue weighted by Gasteiger charge is 2.19. The maximum atomic E-state index is 13.8. The maximum Gasteiger partial charge on any atom is 0.306 e. The molecule has 0 aliphatic heterocycles. The lowest BCUT2D eigenvalue weighted by atomic mass is 9.91. The lowest BCUT2D eigenvalue weighted by Crippen LogP contribution is -2.16. The van der Waals surface area contributed by atoms with Gasteiger partial charge in [-0.3, -0.25) is 4.79 Å². The van der Waals surface area contributed by atoms with Gasteiger partial charge in [-0.25, -0.2) is 4.39 Å². The van der Waals surface area contributed by atoms with Gasteiger partial charge in [-0.05, 0) is 36.5 Å². The van der Waals surface area contributed by atoms with Gasteiger partial charge in [-0.15, -0.1) is 0 Å². The van der Waals surface area contributed by atoms with Crippen molar-refractivity contribution in [2.75, 3.05) is 0 Å². The van der Waals surface area contributed by atoms with Crippen LogP contribution in [0.5, 0.6) is 5.75 Å². The molecule has 0 aliphatic rings. The number of hydrogen-bond donors (Lipinski definition) is 2. The highest BCUT2D eigenvalue weighted by molar-refractivity contribution is 5.70. The average Bonchev–Trinajstić information content (AvgIpc) is 2.34. The summed E-state index contributed by atoms with van der Waals surface area (Å²) in [6, 6.07) is 2.91. The van der Waals surface area contributed by atoms with Crippen molar-refractivity contribution in [3.05, 3.63) is 29.1 Å². The minimum Gasteiger partial charge on any atom is -0.505 e. The fourth-order valence-corrected chi connectivity index (χ4v) is 2.03. The van der Waals surface area contributed by atoms with Gasteiger partial charge in [0.1, 0.15) is 0 Å². The van der Waals surface area contributed by atoms with Gasteiger partial charge in [0.2, 0.25) is 0 Å². The van der Waals surface area contributed by atoms with E-state index in [0.717, 1.165) is 6.42 Å². The molecular weight excluding hydrogens is 235 g/mol. The fourth-order valence-electron chi connectivity index (χ4n) is 2.03. The summed E-state index contributed by atoms with van der Waals surface area (Å²) in [6.07, 6.45) is 2.06. The Morgan fingerprint density at radius 3 is 2.56 bits per heavy atom. The second kappa shape index (κ2) is 6.38. The van der Waals surface area contributed by atoms with Crippen LogP contribution < -0.4 is 0 Å². The standard InChI is InChI=1S/C14H19FO3/c1-3-5-11-10(6-7-12(16)13(11)15)8-9(4-2)14(17)18/h6-7,9,16H,3-5,8H2,1-2H3,(H,17,18). The van der Waals surface area contributed by atoms with Crippen molar-refractivity contribution in [2.45, 2.75) is 39.5 Å². The van der Waals surface area contributed by atoms with E-state index in [4.69, 9.17) is 5.11 Å². The van der Waals surface area contributed by atoms with E-state index in [-0.39, 0.29) is 5.75 Å². The van der Waals surface area contributed by atoms with Crippen molar-refractivity contribution in [3.8, 4) is 5.75 Å². The number of phenols is 1. The summed E-state index contributed by atoms with van der Waals surface area (Å²) in [5.41, 5.74) is 1.12. The van der Waals surface area contributed by atoms with Crippen LogP contribution in [0.3, 0.4) is 0 Å². The Morgan fingerprint density at radius 1 is 1.39 bits per heavy atom. The predicted molar refractivity (Wildman–Crippen MR) is 67.2 cm³/mol. The molecule has 0 amide bonds. The maximum absolute atomic E-state index is 13.8. The highest BCUT2D eigenvalue weighted by atomic mass is 19.1. The summed E-state index contributed by atoms with van der Waals surface area (Å²) >= 11 is 0. The minimum atomic E-state index is -0.867. The fraction of sp³-hybridized carbons (Fsp3) is 0.500. The highest BCUT2D eigenvalue weighted by Crippen LogP contribution is 2.26. The number of carboxylic acids is 1. The summed E-state index contributed by atoms with van der Waals surface area (Å²) in [4.78, 5) is 11.0. The lowest BCUT2D eigenvalue weighted by Gasteiger charge is -2.14. The Balaban J connectivity index is 3.07. The van der Waals surface area contributed by atoms with E-state index in [2.05, 4.69) is 0 Å². The zero-order valence-electron chi connectivity index (χ0n) is 10.7. The molecule has 18 heavy (non-hydrogen) atoms. The summed E-state index contributed by atoms with van der Waals surface area (Å²) in [5.74, 6) is -2.36. The van der Waals surface area contributed by atoms with E-state index in [1.807, 2.05) is 6.92 Å². The average molecular weight is 254 g/mol. The van der Waals surface area contributed by atoms with E-state index < -0.39 is 17.7 Å². The molecule has 0 aromatic heterocycles. The first-order valence-electron chi connectivity index (χ1n) is 6.23. The number of phenolic OH excluding ortho intramolecular Hbond substituents is 1. The van der Waals surface area contributed by atoms with Gasteiger partial charge < -0.3 is 10.2 Å². The number of rotatable bonds is 6. The molecule has 0 spiro atoms. The molecule has 3 nitrogen and oxygen atoms in total. The van der Waals surface area contributed by atoms with E-state index in [1.54, 1.807) is 13.0 Å². The third-order valence-corrected chi connectivity index (χ3v) is 3.13. The number of carbonyl (C=O) groups is 1. The van der Waals surface area contributed by atoms with Gasteiger partial charge in [0.05, 0.1) is 5.92 Å². The van der Waals surface area contributed by atoms with Gasteiger partial charge in [-0.1, -0.05) is 26.3 Å². The molecule has 1 unspecified atom stereocenters. The first kappa shape index (κ1) is 14.5. The molecule has 0 bridgehead atoms. The SMILES string of the molecule is CCCc1c(CC(CC)C(=O)O)ccc(O)c1F. The van der Waals surface area contributed by atoms with Crippen LogP contribution >= 0.6 is 0 Å². The first-order chi connectivity index (χ1) is 8.51. The Hall–Kier alpha value is -1.58. The molecule has 0 saturated heterocycles. The van der Waals surface area contributed by atoms with Crippen LogP contribution in [-0.4, -0.2) is 16.2 Å². The molecule has 4 heteroatoms. The van der Waals surface area contributed by atoms with Crippen molar-refractivity contribution < 1.29 is 19.4 Å². The second-order valence-corrected chi connectivity index (χ2v) is 4.43. The van der Waals surface area contributed by atoms with E-state index in [1.165, 1.54) is 6.07 Å². The third kappa shape index (κ3) is 3.22. The van der Waals surface area contributed by atoms with Crippen LogP contribution in [0, 0.1) is 11.7 Å². The van der Waals surface area contributed by atoms with Crippen LogP contribution in [0.1, 0.15) is 37.8 Å². The number of benzene rings is 1. The molecular formula is C14H19FO3.